The molecule has 144 valence electrons. The number of hydrogen-bond donors (Lipinski definition) is 3. The molecule has 7 nitrogen and oxygen atoms in total. The van der Waals surface area contributed by atoms with Gasteiger partial charge in [0.1, 0.15) is 5.54 Å². The van der Waals surface area contributed by atoms with Crippen LogP contribution in [0.25, 0.3) is 0 Å². The molecule has 3 N–H and O–H groups in total. The second-order valence-electron chi connectivity index (χ2n) is 7.55. The fraction of sp³-hybridized carbons (Fsp3) is 0.737. The van der Waals surface area contributed by atoms with E-state index in [1.165, 1.54) is 32.1 Å². The summed E-state index contributed by atoms with van der Waals surface area (Å²) >= 11 is 0. The van der Waals surface area contributed by atoms with Gasteiger partial charge < -0.3 is 16.0 Å². The Labute approximate surface area is 155 Å². The molecular weight excluding hydrogens is 330 g/mol. The van der Waals surface area contributed by atoms with Gasteiger partial charge in [-0.2, -0.15) is 5.10 Å². The molecule has 26 heavy (non-hydrogen) atoms. The van der Waals surface area contributed by atoms with Crippen LogP contribution in [0.2, 0.25) is 0 Å². The maximum absolute atomic E-state index is 12.9. The van der Waals surface area contributed by atoms with Crippen LogP contribution in [-0.2, 0) is 15.1 Å². The highest BCUT2D eigenvalue weighted by Gasteiger charge is 2.41. The normalized spacial score (nSPS) is 20.5. The van der Waals surface area contributed by atoms with Crippen molar-refractivity contribution in [2.75, 3.05) is 26.2 Å². The van der Waals surface area contributed by atoms with E-state index in [-0.39, 0.29) is 11.8 Å². The number of carbonyl (C=O) groups is 2. The van der Waals surface area contributed by atoms with Crippen LogP contribution in [0.1, 0.15) is 51.4 Å². The van der Waals surface area contributed by atoms with Gasteiger partial charge in [-0.3, -0.25) is 14.3 Å². The second-order valence-corrected chi connectivity index (χ2v) is 7.55. The third kappa shape index (κ3) is 4.63. The standard InChI is InChI=1S/C19H31N5O2/c25-17(15-16-5-2-1-3-6-16)21-12-13-22-18(26)19(7-10-20-11-8-19)24-14-4-9-23-24/h4,9,14,16,20H,1-3,5-8,10-13,15H2,(H,21,25)(H,22,26). The van der Waals surface area contributed by atoms with Gasteiger partial charge in [0.05, 0.1) is 0 Å². The number of nitrogens with one attached hydrogen (secondary N) is 3. The highest BCUT2D eigenvalue weighted by atomic mass is 16.2. The smallest absolute Gasteiger partial charge is 0.248 e. The molecule has 1 aliphatic heterocycles. The summed E-state index contributed by atoms with van der Waals surface area (Å²) in [6, 6.07) is 1.85. The highest BCUT2D eigenvalue weighted by Crippen LogP contribution is 2.27. The fourth-order valence-corrected chi connectivity index (χ4v) is 4.19. The number of amides is 2. The zero-order valence-corrected chi connectivity index (χ0v) is 15.5. The van der Waals surface area contributed by atoms with Gasteiger partial charge in [-0.05, 0) is 50.8 Å². The van der Waals surface area contributed by atoms with Crippen LogP contribution >= 0.6 is 0 Å². The van der Waals surface area contributed by atoms with E-state index in [2.05, 4.69) is 21.0 Å². The molecule has 2 heterocycles. The summed E-state index contributed by atoms with van der Waals surface area (Å²) in [5, 5.41) is 13.6. The van der Waals surface area contributed by atoms with Crippen molar-refractivity contribution in [3.63, 3.8) is 0 Å². The molecule has 1 saturated carbocycles. The molecule has 0 radical (unpaired) electrons. The van der Waals surface area contributed by atoms with Crippen molar-refractivity contribution in [2.24, 2.45) is 5.92 Å². The summed E-state index contributed by atoms with van der Waals surface area (Å²) in [4.78, 5) is 24.9. The predicted octanol–water partition coefficient (Wildman–Crippen LogP) is 1.16. The van der Waals surface area contributed by atoms with Crippen LogP contribution in [0, 0.1) is 5.92 Å². The first kappa shape index (κ1) is 18.9. The van der Waals surface area contributed by atoms with Crippen molar-refractivity contribution in [3.05, 3.63) is 18.5 Å². The van der Waals surface area contributed by atoms with Gasteiger partial charge in [-0.1, -0.05) is 19.3 Å². The summed E-state index contributed by atoms with van der Waals surface area (Å²) in [6.07, 6.45) is 11.8. The first-order chi connectivity index (χ1) is 12.7. The first-order valence-corrected chi connectivity index (χ1v) is 9.96. The molecule has 1 aliphatic carbocycles. The molecule has 3 rings (SSSR count). The Morgan fingerprint density at radius 3 is 2.54 bits per heavy atom. The third-order valence-corrected chi connectivity index (χ3v) is 5.73. The van der Waals surface area contributed by atoms with Gasteiger partial charge in [-0.25, -0.2) is 0 Å². The van der Waals surface area contributed by atoms with Crippen LogP contribution < -0.4 is 16.0 Å². The van der Waals surface area contributed by atoms with Crippen molar-refractivity contribution >= 4 is 11.8 Å². The van der Waals surface area contributed by atoms with E-state index < -0.39 is 5.54 Å². The molecule has 0 spiro atoms. The van der Waals surface area contributed by atoms with E-state index in [0.29, 0.717) is 38.3 Å². The van der Waals surface area contributed by atoms with Crippen molar-refractivity contribution < 1.29 is 9.59 Å². The quantitative estimate of drug-likeness (QED) is 0.636. The Bertz CT molecular complexity index is 575. The molecule has 0 atom stereocenters. The molecule has 7 heteroatoms. The maximum Gasteiger partial charge on any atom is 0.248 e. The molecule has 2 aliphatic rings. The predicted molar refractivity (Wildman–Crippen MR) is 99.5 cm³/mol. The summed E-state index contributed by atoms with van der Waals surface area (Å²) in [6.45, 7) is 2.52. The van der Waals surface area contributed by atoms with Gasteiger partial charge in [-0.15, -0.1) is 0 Å². The molecule has 1 saturated heterocycles. The highest BCUT2D eigenvalue weighted by molar-refractivity contribution is 5.84. The monoisotopic (exact) mass is 361 g/mol. The van der Waals surface area contributed by atoms with Crippen LogP contribution in [0.15, 0.2) is 18.5 Å². The number of aromatic nitrogens is 2. The molecule has 2 fully saturated rings. The minimum Gasteiger partial charge on any atom is -0.354 e. The molecule has 2 amide bonds. The average molecular weight is 361 g/mol. The Hall–Kier alpha value is -1.89. The number of nitrogens with zero attached hydrogens (tertiary/aromatic N) is 2. The molecular formula is C19H31N5O2. The lowest BCUT2D eigenvalue weighted by Crippen LogP contribution is -2.55. The lowest BCUT2D eigenvalue weighted by Gasteiger charge is -2.36. The van der Waals surface area contributed by atoms with Gasteiger partial charge in [0.15, 0.2) is 0 Å². The Morgan fingerprint density at radius 1 is 1.12 bits per heavy atom. The Balaban J connectivity index is 1.43. The third-order valence-electron chi connectivity index (χ3n) is 5.73. The van der Waals surface area contributed by atoms with Crippen molar-refractivity contribution in [1.82, 2.24) is 25.7 Å². The topological polar surface area (TPSA) is 88.1 Å². The van der Waals surface area contributed by atoms with Gasteiger partial charge in [0, 0.05) is 31.9 Å². The number of hydrogen-bond acceptors (Lipinski definition) is 4. The van der Waals surface area contributed by atoms with Gasteiger partial charge in [0.2, 0.25) is 11.8 Å². The van der Waals surface area contributed by atoms with E-state index in [9.17, 15) is 9.59 Å². The number of carbonyl (C=O) groups excluding carboxylic acids is 2. The SMILES string of the molecule is O=C(CC1CCCCC1)NCCNC(=O)C1(n2cccn2)CCNCC1. The summed E-state index contributed by atoms with van der Waals surface area (Å²) in [7, 11) is 0. The molecule has 1 aromatic rings. The van der Waals surface area contributed by atoms with Crippen molar-refractivity contribution in [3.8, 4) is 0 Å². The minimum atomic E-state index is -0.624. The van der Waals surface area contributed by atoms with Crippen molar-refractivity contribution in [2.45, 2.75) is 56.9 Å². The van der Waals surface area contributed by atoms with Crippen LogP contribution in [0.5, 0.6) is 0 Å². The van der Waals surface area contributed by atoms with Gasteiger partial charge in [0.25, 0.3) is 0 Å². The molecule has 0 bridgehead atoms. The molecule has 1 aromatic heterocycles. The average Bonchev–Trinajstić information content (AvgIpc) is 3.22. The van der Waals surface area contributed by atoms with Gasteiger partial charge >= 0.3 is 0 Å². The van der Waals surface area contributed by atoms with Crippen molar-refractivity contribution in [1.29, 1.82) is 0 Å². The zero-order valence-electron chi connectivity index (χ0n) is 15.5. The van der Waals surface area contributed by atoms with Crippen LogP contribution in [0.4, 0.5) is 0 Å². The second kappa shape index (κ2) is 9.16. The first-order valence-electron chi connectivity index (χ1n) is 9.96. The lowest BCUT2D eigenvalue weighted by atomic mass is 9.87. The Morgan fingerprint density at radius 2 is 1.85 bits per heavy atom. The maximum atomic E-state index is 12.9. The van der Waals surface area contributed by atoms with E-state index in [1.54, 1.807) is 10.9 Å². The summed E-state index contributed by atoms with van der Waals surface area (Å²) < 4.78 is 1.78. The largest absolute Gasteiger partial charge is 0.354 e. The van der Waals surface area contributed by atoms with Crippen LogP contribution in [0.3, 0.4) is 0 Å². The van der Waals surface area contributed by atoms with E-state index >= 15 is 0 Å². The molecule has 0 unspecified atom stereocenters. The lowest BCUT2D eigenvalue weighted by molar-refractivity contribution is -0.132. The Kier molecular flexibility index (Phi) is 6.66. The minimum absolute atomic E-state index is 0.00997. The zero-order chi connectivity index (χ0) is 18.2. The number of piperidine rings is 1. The van der Waals surface area contributed by atoms with E-state index in [1.807, 2.05) is 12.3 Å². The van der Waals surface area contributed by atoms with Crippen LogP contribution in [-0.4, -0.2) is 47.8 Å². The van der Waals surface area contributed by atoms with E-state index in [4.69, 9.17) is 0 Å². The molecule has 0 aromatic carbocycles. The van der Waals surface area contributed by atoms with E-state index in [0.717, 1.165) is 13.1 Å². The number of rotatable bonds is 7. The summed E-state index contributed by atoms with van der Waals surface area (Å²) in [5.41, 5.74) is -0.624. The summed E-state index contributed by atoms with van der Waals surface area (Å²) in [5.74, 6) is 0.634. The fourth-order valence-electron chi connectivity index (χ4n) is 4.19.